The van der Waals surface area contributed by atoms with E-state index in [2.05, 4.69) is 130 Å². The predicted molar refractivity (Wildman–Crippen MR) is 293 cm³/mol. The summed E-state index contributed by atoms with van der Waals surface area (Å²) in [7, 11) is 0. The first-order chi connectivity index (χ1) is 33.5. The largest absolute Gasteiger partial charge is 0.462 e. The Morgan fingerprint density at radius 1 is 0.309 bits per heavy atom. The van der Waals surface area contributed by atoms with Gasteiger partial charge in [0.15, 0.2) is 6.10 Å². The van der Waals surface area contributed by atoms with Crippen molar-refractivity contribution in [1.82, 2.24) is 0 Å². The molecule has 0 N–H and O–H groups in total. The van der Waals surface area contributed by atoms with E-state index >= 15 is 0 Å². The van der Waals surface area contributed by atoms with Crippen LogP contribution >= 0.6 is 0 Å². The summed E-state index contributed by atoms with van der Waals surface area (Å²) in [5.74, 6) is -0.928. The van der Waals surface area contributed by atoms with Gasteiger partial charge in [-0.25, -0.2) is 0 Å². The average molecular weight is 943 g/mol. The van der Waals surface area contributed by atoms with E-state index in [0.717, 1.165) is 154 Å². The number of ether oxygens (including phenoxy) is 3. The Balaban J connectivity index is 4.32. The van der Waals surface area contributed by atoms with Gasteiger partial charge in [0.05, 0.1) is 0 Å². The fraction of sp³-hybridized carbons (Fsp3) is 0.661. The fourth-order valence-corrected chi connectivity index (χ4v) is 7.34. The maximum Gasteiger partial charge on any atom is 0.306 e. The van der Waals surface area contributed by atoms with E-state index < -0.39 is 6.10 Å². The zero-order valence-corrected chi connectivity index (χ0v) is 44.1. The first-order valence-electron chi connectivity index (χ1n) is 27.9. The molecule has 0 spiro atoms. The Morgan fingerprint density at radius 2 is 0.603 bits per heavy atom. The summed E-state index contributed by atoms with van der Waals surface area (Å²) in [6, 6.07) is 0. The average Bonchev–Trinajstić information content (AvgIpc) is 3.34. The van der Waals surface area contributed by atoms with Crippen LogP contribution in [0.5, 0.6) is 0 Å². The highest BCUT2D eigenvalue weighted by atomic mass is 16.6. The van der Waals surface area contributed by atoms with Crippen molar-refractivity contribution < 1.29 is 28.6 Å². The van der Waals surface area contributed by atoms with Crippen molar-refractivity contribution in [3.63, 3.8) is 0 Å². The molecule has 0 heterocycles. The summed E-state index contributed by atoms with van der Waals surface area (Å²) in [6.45, 7) is 6.41. The van der Waals surface area contributed by atoms with Crippen molar-refractivity contribution in [1.29, 1.82) is 0 Å². The topological polar surface area (TPSA) is 78.9 Å². The Labute approximate surface area is 419 Å². The molecule has 0 aromatic heterocycles. The molecule has 0 bridgehead atoms. The second-order valence-electron chi connectivity index (χ2n) is 18.1. The van der Waals surface area contributed by atoms with Crippen molar-refractivity contribution in [2.75, 3.05) is 13.2 Å². The minimum Gasteiger partial charge on any atom is -0.462 e. The SMILES string of the molecule is CC/C=C\C/C=C\C/C=C\C/C=C\C/C=C\C/C=C\C/C=C\CCCCCCCC(=O)OCC(COC(=O)CCCCCCCCCCCC)OC(=O)CCCCCCC/C=C\C/C=C\CCC. The number of carbonyl (C=O) groups is 3. The molecule has 0 aliphatic rings. The summed E-state index contributed by atoms with van der Waals surface area (Å²) >= 11 is 0. The van der Waals surface area contributed by atoms with Gasteiger partial charge in [-0.3, -0.25) is 14.4 Å². The summed E-state index contributed by atoms with van der Waals surface area (Å²) in [4.78, 5) is 38.0. The minimum atomic E-state index is -0.792. The molecule has 6 heteroatoms. The van der Waals surface area contributed by atoms with Crippen LogP contribution in [0, 0.1) is 0 Å². The van der Waals surface area contributed by atoms with Gasteiger partial charge in [-0.2, -0.15) is 0 Å². The zero-order valence-electron chi connectivity index (χ0n) is 44.1. The monoisotopic (exact) mass is 943 g/mol. The molecule has 1 unspecified atom stereocenters. The highest BCUT2D eigenvalue weighted by Gasteiger charge is 2.19. The third-order valence-electron chi connectivity index (χ3n) is 11.5. The van der Waals surface area contributed by atoms with Gasteiger partial charge < -0.3 is 14.2 Å². The molecule has 0 aliphatic carbocycles. The zero-order chi connectivity index (χ0) is 49.3. The number of hydrogen-bond acceptors (Lipinski definition) is 6. The molecule has 1 atom stereocenters. The van der Waals surface area contributed by atoms with Gasteiger partial charge in [-0.15, -0.1) is 0 Å². The van der Waals surface area contributed by atoms with Crippen LogP contribution in [0.15, 0.2) is 109 Å². The second kappa shape index (κ2) is 55.7. The van der Waals surface area contributed by atoms with Crippen LogP contribution in [-0.2, 0) is 28.6 Å². The molecule has 68 heavy (non-hydrogen) atoms. The molecular weight excluding hydrogens is 841 g/mol. The first-order valence-corrected chi connectivity index (χ1v) is 27.9. The third kappa shape index (κ3) is 53.0. The molecule has 6 nitrogen and oxygen atoms in total. The van der Waals surface area contributed by atoms with Crippen LogP contribution in [0.3, 0.4) is 0 Å². The van der Waals surface area contributed by atoms with Crippen LogP contribution in [0.2, 0.25) is 0 Å². The van der Waals surface area contributed by atoms with Gasteiger partial charge in [-0.05, 0) is 103 Å². The molecule has 0 radical (unpaired) electrons. The molecule has 0 aromatic carbocycles. The van der Waals surface area contributed by atoms with Crippen molar-refractivity contribution in [2.45, 2.75) is 252 Å². The lowest BCUT2D eigenvalue weighted by atomic mass is 10.1. The van der Waals surface area contributed by atoms with Crippen molar-refractivity contribution >= 4 is 17.9 Å². The lowest BCUT2D eigenvalue weighted by Crippen LogP contribution is -2.30. The molecule has 0 aromatic rings. The van der Waals surface area contributed by atoms with Crippen molar-refractivity contribution in [3.8, 4) is 0 Å². The van der Waals surface area contributed by atoms with Gasteiger partial charge in [0.25, 0.3) is 0 Å². The summed E-state index contributed by atoms with van der Waals surface area (Å²) in [6.07, 6.45) is 75.1. The van der Waals surface area contributed by atoms with Gasteiger partial charge in [0.1, 0.15) is 13.2 Å². The lowest BCUT2D eigenvalue weighted by Gasteiger charge is -2.18. The summed E-state index contributed by atoms with van der Waals surface area (Å²) in [5.41, 5.74) is 0. The second-order valence-corrected chi connectivity index (χ2v) is 18.1. The molecule has 0 saturated carbocycles. The van der Waals surface area contributed by atoms with Crippen LogP contribution in [-0.4, -0.2) is 37.2 Å². The normalized spacial score (nSPS) is 12.9. The maximum atomic E-state index is 12.8. The Bertz CT molecular complexity index is 1410. The van der Waals surface area contributed by atoms with Crippen molar-refractivity contribution in [2.24, 2.45) is 0 Å². The van der Waals surface area contributed by atoms with E-state index in [1.807, 2.05) is 0 Å². The molecule has 0 fully saturated rings. The minimum absolute atomic E-state index is 0.0899. The van der Waals surface area contributed by atoms with E-state index in [-0.39, 0.29) is 31.1 Å². The Kier molecular flexibility index (Phi) is 52.4. The number of unbranched alkanes of at least 4 members (excludes halogenated alkanes) is 20. The van der Waals surface area contributed by atoms with E-state index in [1.165, 1.54) is 51.4 Å². The molecule has 386 valence electrons. The lowest BCUT2D eigenvalue weighted by molar-refractivity contribution is -0.167. The molecular formula is C62H102O6. The molecule has 0 aliphatic heterocycles. The van der Waals surface area contributed by atoms with Crippen LogP contribution in [0.25, 0.3) is 0 Å². The Morgan fingerprint density at radius 3 is 0.956 bits per heavy atom. The van der Waals surface area contributed by atoms with E-state index in [1.54, 1.807) is 0 Å². The van der Waals surface area contributed by atoms with E-state index in [4.69, 9.17) is 14.2 Å². The van der Waals surface area contributed by atoms with Gasteiger partial charge >= 0.3 is 17.9 Å². The predicted octanol–water partition coefficient (Wildman–Crippen LogP) is 18.7. The quantitative estimate of drug-likeness (QED) is 0.0262. The molecule has 0 saturated heterocycles. The summed E-state index contributed by atoms with van der Waals surface area (Å²) < 4.78 is 16.8. The van der Waals surface area contributed by atoms with Gasteiger partial charge in [0, 0.05) is 19.3 Å². The third-order valence-corrected chi connectivity index (χ3v) is 11.5. The summed E-state index contributed by atoms with van der Waals surface area (Å²) in [5, 5.41) is 0. The van der Waals surface area contributed by atoms with Crippen LogP contribution in [0.1, 0.15) is 245 Å². The first kappa shape index (κ1) is 64.1. The number of esters is 3. The number of rotatable bonds is 49. The maximum absolute atomic E-state index is 12.8. The van der Waals surface area contributed by atoms with E-state index in [9.17, 15) is 14.4 Å². The highest BCUT2D eigenvalue weighted by molar-refractivity contribution is 5.71. The number of carbonyl (C=O) groups excluding carboxylic acids is 3. The van der Waals surface area contributed by atoms with Crippen LogP contribution < -0.4 is 0 Å². The molecule has 0 amide bonds. The highest BCUT2D eigenvalue weighted by Crippen LogP contribution is 2.14. The standard InChI is InChI=1S/C62H102O6/c1-4-7-10-13-16-19-22-24-25-26-27-28-29-30-31-32-33-34-35-36-37-39-40-43-46-49-52-55-61(64)67-58-59(57-66-60(63)54-51-48-45-42-21-18-15-12-9-6-3)68-62(65)56-53-50-47-44-41-38-23-20-17-14-11-8-5-2/h7,10-11,14,16,19-20,23-25,27-28,30-31,33-34,36-37,59H,4-6,8-9,12-13,15,17-18,21-22,26,29,32,35,38-58H2,1-3H3/b10-7-,14-11-,19-16-,23-20-,25-24-,28-27-,31-30-,34-33-,37-36-. The fourth-order valence-electron chi connectivity index (χ4n) is 7.34. The van der Waals surface area contributed by atoms with E-state index in [0.29, 0.717) is 19.3 Å². The number of allylic oxidation sites excluding steroid dienone is 18. The Hall–Kier alpha value is -3.93. The smallest absolute Gasteiger partial charge is 0.306 e. The van der Waals surface area contributed by atoms with Gasteiger partial charge in [-0.1, -0.05) is 233 Å². The molecule has 0 rings (SSSR count). The van der Waals surface area contributed by atoms with Crippen molar-refractivity contribution in [3.05, 3.63) is 109 Å². The van der Waals surface area contributed by atoms with Crippen LogP contribution in [0.4, 0.5) is 0 Å². The number of hydrogen-bond donors (Lipinski definition) is 0. The van der Waals surface area contributed by atoms with Gasteiger partial charge in [0.2, 0.25) is 0 Å².